The maximum absolute atomic E-state index is 5.79. The maximum Gasteiger partial charge on any atom is 0.188 e. The monoisotopic (exact) mass is 308 g/mol. The summed E-state index contributed by atoms with van der Waals surface area (Å²) in [4.78, 5) is 4.75. The summed E-state index contributed by atoms with van der Waals surface area (Å²) in [6.45, 7) is 2.82. The Balaban J connectivity index is 1.72. The third kappa shape index (κ3) is 2.59. The summed E-state index contributed by atoms with van der Waals surface area (Å²) >= 11 is 3.45. The van der Waals surface area contributed by atoms with Crippen LogP contribution in [-0.4, -0.2) is 25.6 Å². The number of hydrogen-bond donors (Lipinski definition) is 1. The number of nitrogens with zero attached hydrogens (tertiary/aromatic N) is 1. The van der Waals surface area contributed by atoms with Crippen molar-refractivity contribution in [2.45, 2.75) is 18.9 Å². The van der Waals surface area contributed by atoms with Crippen molar-refractivity contribution in [2.24, 2.45) is 10.9 Å². The van der Waals surface area contributed by atoms with Crippen LogP contribution >= 0.6 is 15.9 Å². The van der Waals surface area contributed by atoms with Gasteiger partial charge in [-0.2, -0.15) is 0 Å². The molecule has 2 aliphatic heterocycles. The smallest absolute Gasteiger partial charge is 0.188 e. The largest absolute Gasteiger partial charge is 0.478 e. The highest BCUT2D eigenvalue weighted by Crippen LogP contribution is 2.27. The van der Waals surface area contributed by atoms with E-state index in [0.29, 0.717) is 12.5 Å². The van der Waals surface area contributed by atoms with Gasteiger partial charge in [0.2, 0.25) is 0 Å². The molecule has 3 rings (SSSR count). The van der Waals surface area contributed by atoms with Crippen LogP contribution in [-0.2, 0) is 4.74 Å². The second kappa shape index (κ2) is 5.41. The van der Waals surface area contributed by atoms with Crippen LogP contribution < -0.4 is 5.32 Å². The van der Waals surface area contributed by atoms with Crippen LogP contribution in [0.4, 0.5) is 0 Å². The number of hydrogen-bond acceptors (Lipinski definition) is 3. The zero-order valence-corrected chi connectivity index (χ0v) is 11.8. The van der Waals surface area contributed by atoms with E-state index in [-0.39, 0.29) is 6.04 Å². The molecule has 2 heterocycles. The molecular formula is C14H17BrN2O. The van der Waals surface area contributed by atoms with Gasteiger partial charge in [-0.15, -0.1) is 0 Å². The van der Waals surface area contributed by atoms with Crippen molar-refractivity contribution in [3.8, 4) is 0 Å². The molecule has 96 valence electrons. The summed E-state index contributed by atoms with van der Waals surface area (Å²) in [6, 6.07) is 8.53. The minimum atomic E-state index is 0.176. The molecule has 1 aromatic rings. The fraction of sp³-hybridized carbons (Fsp3) is 0.500. The van der Waals surface area contributed by atoms with Gasteiger partial charge in [0.15, 0.2) is 5.90 Å². The molecule has 2 unspecified atom stereocenters. The molecule has 1 fully saturated rings. The molecule has 0 saturated carbocycles. The molecule has 2 aliphatic rings. The van der Waals surface area contributed by atoms with E-state index in [1.807, 2.05) is 0 Å². The Hall–Kier alpha value is -0.870. The first-order valence-corrected chi connectivity index (χ1v) is 7.29. The Morgan fingerprint density at radius 2 is 2.11 bits per heavy atom. The number of halogens is 1. The molecule has 0 radical (unpaired) electrons. The topological polar surface area (TPSA) is 33.6 Å². The predicted molar refractivity (Wildman–Crippen MR) is 75.9 cm³/mol. The molecule has 1 N–H and O–H groups in total. The summed E-state index contributed by atoms with van der Waals surface area (Å²) in [5.74, 6) is 1.43. The van der Waals surface area contributed by atoms with Gasteiger partial charge in [-0.1, -0.05) is 28.1 Å². The van der Waals surface area contributed by atoms with E-state index < -0.39 is 0 Å². The highest BCUT2D eigenvalue weighted by atomic mass is 79.9. The zero-order chi connectivity index (χ0) is 12.4. The molecule has 1 aromatic carbocycles. The number of piperidine rings is 1. The highest BCUT2D eigenvalue weighted by molar-refractivity contribution is 9.10. The summed E-state index contributed by atoms with van der Waals surface area (Å²) in [7, 11) is 0. The van der Waals surface area contributed by atoms with Crippen molar-refractivity contribution in [3.63, 3.8) is 0 Å². The fourth-order valence-electron chi connectivity index (χ4n) is 2.53. The first-order valence-electron chi connectivity index (χ1n) is 6.49. The van der Waals surface area contributed by atoms with Crippen molar-refractivity contribution in [2.75, 3.05) is 19.7 Å². The van der Waals surface area contributed by atoms with Gasteiger partial charge in [-0.3, -0.25) is 0 Å². The van der Waals surface area contributed by atoms with Crippen molar-refractivity contribution in [3.05, 3.63) is 34.3 Å². The second-order valence-electron chi connectivity index (χ2n) is 4.89. The minimum Gasteiger partial charge on any atom is -0.478 e. The Labute approximate surface area is 116 Å². The average Bonchev–Trinajstić information content (AvgIpc) is 2.90. The van der Waals surface area contributed by atoms with Gasteiger partial charge in [-0.25, -0.2) is 4.99 Å². The number of rotatable bonds is 2. The third-order valence-electron chi connectivity index (χ3n) is 3.57. The molecule has 0 bridgehead atoms. The average molecular weight is 309 g/mol. The lowest BCUT2D eigenvalue weighted by atomic mass is 9.99. The zero-order valence-electron chi connectivity index (χ0n) is 10.2. The summed E-state index contributed by atoms with van der Waals surface area (Å²) in [5.41, 5.74) is 1.23. The van der Waals surface area contributed by atoms with Gasteiger partial charge >= 0.3 is 0 Å². The van der Waals surface area contributed by atoms with E-state index in [1.54, 1.807) is 0 Å². The van der Waals surface area contributed by atoms with Gasteiger partial charge in [0, 0.05) is 16.9 Å². The van der Waals surface area contributed by atoms with Crippen molar-refractivity contribution >= 4 is 21.8 Å². The molecule has 3 nitrogen and oxygen atoms in total. The SMILES string of the molecule is Brc1ccc(C2COC(C3CCCNC3)=N2)cc1. The van der Waals surface area contributed by atoms with Gasteiger partial charge in [-0.05, 0) is 37.1 Å². The minimum absolute atomic E-state index is 0.176. The highest BCUT2D eigenvalue weighted by Gasteiger charge is 2.27. The molecule has 0 aliphatic carbocycles. The molecule has 4 heteroatoms. The normalized spacial score (nSPS) is 27.7. The van der Waals surface area contributed by atoms with Crippen LogP contribution in [0, 0.1) is 5.92 Å². The molecule has 0 spiro atoms. The van der Waals surface area contributed by atoms with Gasteiger partial charge in [0.25, 0.3) is 0 Å². The van der Waals surface area contributed by atoms with Crippen LogP contribution in [0.15, 0.2) is 33.7 Å². The summed E-state index contributed by atoms with van der Waals surface area (Å²) in [6.07, 6.45) is 2.41. The van der Waals surface area contributed by atoms with Gasteiger partial charge in [0.1, 0.15) is 12.6 Å². The quantitative estimate of drug-likeness (QED) is 0.911. The number of nitrogens with one attached hydrogen (secondary N) is 1. The van der Waals surface area contributed by atoms with Crippen molar-refractivity contribution in [1.29, 1.82) is 0 Å². The number of aliphatic imine (C=N–C) groups is 1. The van der Waals surface area contributed by atoms with E-state index >= 15 is 0 Å². The Morgan fingerprint density at radius 1 is 1.28 bits per heavy atom. The maximum atomic E-state index is 5.79. The Kier molecular flexibility index (Phi) is 3.66. The Morgan fingerprint density at radius 3 is 2.83 bits per heavy atom. The van der Waals surface area contributed by atoms with E-state index in [1.165, 1.54) is 18.4 Å². The van der Waals surface area contributed by atoms with Crippen LogP contribution in [0.3, 0.4) is 0 Å². The lowest BCUT2D eigenvalue weighted by Gasteiger charge is -2.21. The molecule has 18 heavy (non-hydrogen) atoms. The van der Waals surface area contributed by atoms with Gasteiger partial charge < -0.3 is 10.1 Å². The van der Waals surface area contributed by atoms with Crippen LogP contribution in [0.5, 0.6) is 0 Å². The van der Waals surface area contributed by atoms with Crippen molar-refractivity contribution < 1.29 is 4.74 Å². The molecule has 2 atom stereocenters. The third-order valence-corrected chi connectivity index (χ3v) is 4.10. The standard InChI is InChI=1S/C14H17BrN2O/c15-12-5-3-10(4-6-12)13-9-18-14(17-13)11-2-1-7-16-8-11/h3-6,11,13,16H,1-2,7-9H2. The lowest BCUT2D eigenvalue weighted by molar-refractivity contribution is 0.286. The fourth-order valence-corrected chi connectivity index (χ4v) is 2.80. The molecule has 0 aromatic heterocycles. The first-order chi connectivity index (χ1) is 8.83. The van der Waals surface area contributed by atoms with Crippen molar-refractivity contribution in [1.82, 2.24) is 5.32 Å². The van der Waals surface area contributed by atoms with E-state index in [9.17, 15) is 0 Å². The molecular weight excluding hydrogens is 292 g/mol. The van der Waals surface area contributed by atoms with Crippen LogP contribution in [0.25, 0.3) is 0 Å². The predicted octanol–water partition coefficient (Wildman–Crippen LogP) is 2.92. The first kappa shape index (κ1) is 12.2. The van der Waals surface area contributed by atoms with E-state index in [4.69, 9.17) is 9.73 Å². The van der Waals surface area contributed by atoms with E-state index in [2.05, 4.69) is 45.5 Å². The molecule has 1 saturated heterocycles. The number of benzene rings is 1. The molecule has 0 amide bonds. The van der Waals surface area contributed by atoms with Gasteiger partial charge in [0.05, 0.1) is 0 Å². The Bertz CT molecular complexity index is 438. The second-order valence-corrected chi connectivity index (χ2v) is 5.80. The van der Waals surface area contributed by atoms with Crippen LogP contribution in [0.2, 0.25) is 0 Å². The van der Waals surface area contributed by atoms with E-state index in [0.717, 1.165) is 23.5 Å². The lowest BCUT2D eigenvalue weighted by Crippen LogP contribution is -2.34. The number of ether oxygens (including phenoxy) is 1. The summed E-state index contributed by atoms with van der Waals surface area (Å²) < 4.78 is 6.89. The summed E-state index contributed by atoms with van der Waals surface area (Å²) in [5, 5.41) is 3.41. The van der Waals surface area contributed by atoms with Crippen LogP contribution in [0.1, 0.15) is 24.4 Å².